The summed E-state index contributed by atoms with van der Waals surface area (Å²) in [6, 6.07) is 11.6. The lowest BCUT2D eigenvalue weighted by Crippen LogP contribution is -2.55. The number of benzene rings is 1. The molecule has 0 radical (unpaired) electrons. The highest BCUT2D eigenvalue weighted by Crippen LogP contribution is 2.40. The third-order valence-electron chi connectivity index (χ3n) is 4.52. The van der Waals surface area contributed by atoms with Crippen molar-refractivity contribution in [1.29, 1.82) is 0 Å². The van der Waals surface area contributed by atoms with Crippen LogP contribution in [0.2, 0.25) is 0 Å². The minimum atomic E-state index is -0.507. The molecular weight excluding hydrogens is 210 g/mol. The summed E-state index contributed by atoms with van der Waals surface area (Å²) in [5.74, 6) is 0.351. The Hall–Kier alpha value is -0.860. The molecule has 2 saturated heterocycles. The number of hydrogen-bond acceptors (Lipinski definition) is 2. The monoisotopic (exact) mass is 231 g/mol. The summed E-state index contributed by atoms with van der Waals surface area (Å²) in [4.78, 5) is 0. The molecule has 0 amide bonds. The van der Waals surface area contributed by atoms with Crippen molar-refractivity contribution in [2.24, 2.45) is 5.92 Å². The van der Waals surface area contributed by atoms with E-state index in [9.17, 15) is 5.11 Å². The van der Waals surface area contributed by atoms with Gasteiger partial charge in [-0.3, -0.25) is 0 Å². The normalized spacial score (nSPS) is 40.5. The van der Waals surface area contributed by atoms with Gasteiger partial charge in [-0.25, -0.2) is 0 Å². The van der Waals surface area contributed by atoms with Crippen molar-refractivity contribution in [3.63, 3.8) is 0 Å². The first kappa shape index (κ1) is 11.2. The molecule has 0 aliphatic carbocycles. The maximum Gasteiger partial charge on any atom is 0.0680 e. The Balaban J connectivity index is 1.81. The zero-order valence-corrected chi connectivity index (χ0v) is 10.4. The van der Waals surface area contributed by atoms with Crippen molar-refractivity contribution in [2.75, 3.05) is 0 Å². The summed E-state index contributed by atoms with van der Waals surface area (Å²) < 4.78 is 0. The number of fused-ring (bicyclic) bond motifs is 2. The van der Waals surface area contributed by atoms with E-state index < -0.39 is 5.60 Å². The first-order chi connectivity index (χ1) is 8.15. The summed E-state index contributed by atoms with van der Waals surface area (Å²) in [7, 11) is 0. The molecule has 2 aliphatic rings. The van der Waals surface area contributed by atoms with Crippen molar-refractivity contribution in [2.45, 2.75) is 50.3 Å². The van der Waals surface area contributed by atoms with Gasteiger partial charge in [0.25, 0.3) is 0 Å². The molecule has 92 valence electrons. The lowest BCUT2D eigenvalue weighted by atomic mass is 9.75. The van der Waals surface area contributed by atoms with Crippen LogP contribution < -0.4 is 5.32 Å². The predicted molar refractivity (Wildman–Crippen MR) is 68.8 cm³/mol. The maximum absolute atomic E-state index is 10.6. The molecule has 0 aromatic heterocycles. The van der Waals surface area contributed by atoms with Gasteiger partial charge in [-0.05, 0) is 38.2 Å². The van der Waals surface area contributed by atoms with Crippen molar-refractivity contribution in [3.8, 4) is 0 Å². The standard InChI is InChI=1S/C15H21NO/c1-15(17)10-12-7-8-14(16-12)13(15)9-11-5-3-2-4-6-11/h2-6,12-14,16-17H,7-10H2,1H3. The molecule has 2 heterocycles. The molecule has 0 saturated carbocycles. The Morgan fingerprint density at radius 2 is 2.06 bits per heavy atom. The minimum Gasteiger partial charge on any atom is -0.390 e. The quantitative estimate of drug-likeness (QED) is 0.817. The smallest absolute Gasteiger partial charge is 0.0680 e. The summed E-state index contributed by atoms with van der Waals surface area (Å²) >= 11 is 0. The zero-order valence-electron chi connectivity index (χ0n) is 10.4. The highest BCUT2D eigenvalue weighted by atomic mass is 16.3. The Kier molecular flexibility index (Phi) is 2.72. The molecule has 4 atom stereocenters. The van der Waals surface area contributed by atoms with Crippen molar-refractivity contribution < 1.29 is 5.11 Å². The summed E-state index contributed by atoms with van der Waals surface area (Å²) in [5, 5.41) is 14.3. The average molecular weight is 231 g/mol. The van der Waals surface area contributed by atoms with Gasteiger partial charge < -0.3 is 10.4 Å². The van der Waals surface area contributed by atoms with Crippen molar-refractivity contribution in [1.82, 2.24) is 5.32 Å². The Bertz CT molecular complexity index is 387. The van der Waals surface area contributed by atoms with Crippen molar-refractivity contribution in [3.05, 3.63) is 35.9 Å². The van der Waals surface area contributed by atoms with Gasteiger partial charge in [-0.15, -0.1) is 0 Å². The molecule has 3 rings (SSSR count). The Morgan fingerprint density at radius 3 is 2.82 bits per heavy atom. The van der Waals surface area contributed by atoms with Crippen LogP contribution >= 0.6 is 0 Å². The fraction of sp³-hybridized carbons (Fsp3) is 0.600. The third-order valence-corrected chi connectivity index (χ3v) is 4.52. The second kappa shape index (κ2) is 4.11. The first-order valence-electron chi connectivity index (χ1n) is 6.67. The van der Waals surface area contributed by atoms with E-state index in [1.165, 1.54) is 18.4 Å². The minimum absolute atomic E-state index is 0.351. The van der Waals surface area contributed by atoms with Gasteiger partial charge in [0.05, 0.1) is 5.60 Å². The molecule has 2 N–H and O–H groups in total. The topological polar surface area (TPSA) is 32.3 Å². The van der Waals surface area contributed by atoms with Gasteiger partial charge in [0.2, 0.25) is 0 Å². The van der Waals surface area contributed by atoms with E-state index in [-0.39, 0.29) is 0 Å². The van der Waals surface area contributed by atoms with Crippen LogP contribution in [0.4, 0.5) is 0 Å². The molecule has 2 heteroatoms. The molecule has 2 aliphatic heterocycles. The second-order valence-corrected chi connectivity index (χ2v) is 5.90. The fourth-order valence-corrected chi connectivity index (χ4v) is 3.64. The average Bonchev–Trinajstić information content (AvgIpc) is 2.69. The molecule has 2 fully saturated rings. The molecule has 4 unspecified atom stereocenters. The van der Waals surface area contributed by atoms with Crippen molar-refractivity contribution >= 4 is 0 Å². The molecule has 1 aromatic rings. The zero-order chi connectivity index (χ0) is 11.9. The molecule has 17 heavy (non-hydrogen) atoms. The van der Waals surface area contributed by atoms with E-state index in [1.54, 1.807) is 0 Å². The predicted octanol–water partition coefficient (Wildman–Crippen LogP) is 2.12. The second-order valence-electron chi connectivity index (χ2n) is 5.90. The van der Waals surface area contributed by atoms with Crippen LogP contribution in [0.15, 0.2) is 30.3 Å². The van der Waals surface area contributed by atoms with Gasteiger partial charge in [0, 0.05) is 18.0 Å². The largest absolute Gasteiger partial charge is 0.390 e. The first-order valence-corrected chi connectivity index (χ1v) is 6.67. The molecular formula is C15H21NO. The number of aliphatic hydroxyl groups is 1. The Labute approximate surface area is 103 Å². The maximum atomic E-state index is 10.6. The highest BCUT2D eigenvalue weighted by Gasteiger charge is 2.47. The third kappa shape index (κ3) is 2.12. The number of rotatable bonds is 2. The highest BCUT2D eigenvalue weighted by molar-refractivity contribution is 5.18. The summed E-state index contributed by atoms with van der Waals surface area (Å²) in [6.45, 7) is 2.02. The summed E-state index contributed by atoms with van der Waals surface area (Å²) in [5.41, 5.74) is 0.831. The molecule has 1 aromatic carbocycles. The van der Waals surface area contributed by atoms with Crippen LogP contribution in [-0.4, -0.2) is 22.8 Å². The van der Waals surface area contributed by atoms with E-state index in [0.29, 0.717) is 18.0 Å². The van der Waals surface area contributed by atoms with E-state index in [2.05, 4.69) is 29.6 Å². The van der Waals surface area contributed by atoms with E-state index in [4.69, 9.17) is 0 Å². The van der Waals surface area contributed by atoms with E-state index in [1.807, 2.05) is 13.0 Å². The van der Waals surface area contributed by atoms with Crippen LogP contribution in [-0.2, 0) is 6.42 Å². The van der Waals surface area contributed by atoms with Crippen LogP contribution in [0, 0.1) is 5.92 Å². The van der Waals surface area contributed by atoms with Crippen LogP contribution in [0.25, 0.3) is 0 Å². The van der Waals surface area contributed by atoms with Crippen LogP contribution in [0.3, 0.4) is 0 Å². The van der Waals surface area contributed by atoms with Gasteiger partial charge in [-0.2, -0.15) is 0 Å². The molecule has 0 spiro atoms. The lowest BCUT2D eigenvalue weighted by molar-refractivity contribution is -0.0437. The fourth-order valence-electron chi connectivity index (χ4n) is 3.64. The lowest BCUT2D eigenvalue weighted by Gasteiger charge is -2.42. The van der Waals surface area contributed by atoms with E-state index in [0.717, 1.165) is 12.8 Å². The van der Waals surface area contributed by atoms with Gasteiger partial charge in [0.1, 0.15) is 0 Å². The summed E-state index contributed by atoms with van der Waals surface area (Å²) in [6.07, 6.45) is 4.34. The van der Waals surface area contributed by atoms with Crippen LogP contribution in [0.5, 0.6) is 0 Å². The van der Waals surface area contributed by atoms with Gasteiger partial charge in [0.15, 0.2) is 0 Å². The SMILES string of the molecule is CC1(O)CC2CCC(N2)C1Cc1ccccc1. The van der Waals surface area contributed by atoms with Gasteiger partial charge in [-0.1, -0.05) is 30.3 Å². The van der Waals surface area contributed by atoms with Crippen LogP contribution in [0.1, 0.15) is 31.7 Å². The van der Waals surface area contributed by atoms with Gasteiger partial charge >= 0.3 is 0 Å². The molecule has 2 bridgehead atoms. The molecule has 2 nitrogen and oxygen atoms in total. The number of hydrogen-bond donors (Lipinski definition) is 2. The Morgan fingerprint density at radius 1 is 1.29 bits per heavy atom. The number of nitrogens with one attached hydrogen (secondary N) is 1. The van der Waals surface area contributed by atoms with E-state index >= 15 is 0 Å². The number of piperidine rings is 1.